The highest BCUT2D eigenvalue weighted by Crippen LogP contribution is 2.02. The van der Waals surface area contributed by atoms with Gasteiger partial charge in [0.15, 0.2) is 12.4 Å². The first-order valence-electron chi connectivity index (χ1n) is 6.89. The first-order valence-corrected chi connectivity index (χ1v) is 6.89. The number of pyridine rings is 1. The van der Waals surface area contributed by atoms with Gasteiger partial charge in [-0.15, -0.1) is 0 Å². The van der Waals surface area contributed by atoms with Crippen LogP contribution in [0.25, 0.3) is 0 Å². The standard InChI is InChI=1S/C15H22N3O4/c1-11(2)13(19)17(5)15(21)22-10-18-8-6-7-12(9-18)14(20)16(3)4/h6-9,11H,10H2,1-5H3/q+1. The van der Waals surface area contributed by atoms with E-state index in [-0.39, 0.29) is 24.5 Å². The minimum Gasteiger partial charge on any atom is -0.388 e. The monoisotopic (exact) mass is 308 g/mol. The molecular formula is C15H22N3O4+. The predicted molar refractivity (Wildman–Crippen MR) is 78.7 cm³/mol. The molecule has 0 aliphatic carbocycles. The molecule has 0 aromatic carbocycles. The highest BCUT2D eigenvalue weighted by atomic mass is 16.6. The number of imide groups is 1. The Morgan fingerprint density at radius 3 is 2.41 bits per heavy atom. The average Bonchev–Trinajstić information content (AvgIpc) is 2.50. The van der Waals surface area contributed by atoms with Gasteiger partial charge in [0.1, 0.15) is 5.56 Å². The normalized spacial score (nSPS) is 10.3. The van der Waals surface area contributed by atoms with E-state index in [9.17, 15) is 14.4 Å². The van der Waals surface area contributed by atoms with Gasteiger partial charge < -0.3 is 9.64 Å². The highest BCUT2D eigenvalue weighted by Gasteiger charge is 2.22. The molecule has 0 spiro atoms. The molecule has 0 aliphatic heterocycles. The van der Waals surface area contributed by atoms with E-state index in [0.29, 0.717) is 5.56 Å². The number of nitrogens with zero attached hydrogens (tertiary/aromatic N) is 3. The Balaban J connectivity index is 2.69. The number of hydrogen-bond donors (Lipinski definition) is 0. The summed E-state index contributed by atoms with van der Waals surface area (Å²) < 4.78 is 6.62. The smallest absolute Gasteiger partial charge is 0.388 e. The van der Waals surface area contributed by atoms with Gasteiger partial charge in [0.05, 0.1) is 0 Å². The molecule has 0 saturated carbocycles. The van der Waals surface area contributed by atoms with Crippen molar-refractivity contribution in [2.24, 2.45) is 5.92 Å². The van der Waals surface area contributed by atoms with Crippen LogP contribution in [-0.2, 0) is 16.3 Å². The minimum absolute atomic E-state index is 0.0803. The maximum Gasteiger partial charge on any atom is 0.421 e. The van der Waals surface area contributed by atoms with Crippen molar-refractivity contribution in [2.75, 3.05) is 21.1 Å². The molecule has 1 aromatic rings. The van der Waals surface area contributed by atoms with Crippen molar-refractivity contribution in [1.29, 1.82) is 0 Å². The van der Waals surface area contributed by atoms with Crippen molar-refractivity contribution in [3.8, 4) is 0 Å². The summed E-state index contributed by atoms with van der Waals surface area (Å²) in [5.41, 5.74) is 0.482. The number of rotatable bonds is 4. The summed E-state index contributed by atoms with van der Waals surface area (Å²) in [5, 5.41) is 0. The number of carbonyl (C=O) groups is 3. The van der Waals surface area contributed by atoms with E-state index in [2.05, 4.69) is 0 Å². The number of amides is 3. The lowest BCUT2D eigenvalue weighted by molar-refractivity contribution is -0.727. The summed E-state index contributed by atoms with van der Waals surface area (Å²) in [4.78, 5) is 37.7. The molecule has 0 fully saturated rings. The summed E-state index contributed by atoms with van der Waals surface area (Å²) in [6.07, 6.45) is 2.53. The Morgan fingerprint density at radius 2 is 1.86 bits per heavy atom. The van der Waals surface area contributed by atoms with E-state index < -0.39 is 6.09 Å². The molecule has 0 bridgehead atoms. The predicted octanol–water partition coefficient (Wildman–Crippen LogP) is 0.884. The highest BCUT2D eigenvalue weighted by molar-refractivity contribution is 5.93. The van der Waals surface area contributed by atoms with Gasteiger partial charge in [0.25, 0.3) is 12.6 Å². The van der Waals surface area contributed by atoms with Crippen molar-refractivity contribution in [3.63, 3.8) is 0 Å². The molecule has 0 atom stereocenters. The molecule has 1 aromatic heterocycles. The Bertz CT molecular complexity index is 570. The van der Waals surface area contributed by atoms with E-state index >= 15 is 0 Å². The van der Waals surface area contributed by atoms with Gasteiger partial charge in [0, 0.05) is 33.1 Å². The lowest BCUT2D eigenvalue weighted by Gasteiger charge is -2.16. The van der Waals surface area contributed by atoms with E-state index in [0.717, 1.165) is 4.90 Å². The number of aromatic nitrogens is 1. The third-order valence-corrected chi connectivity index (χ3v) is 2.95. The SMILES string of the molecule is CC(C)C(=O)N(C)C(=O)OC[n+]1cccc(C(=O)N(C)C)c1. The molecule has 0 radical (unpaired) electrons. The molecule has 0 N–H and O–H groups in total. The van der Waals surface area contributed by atoms with E-state index in [4.69, 9.17) is 4.74 Å². The summed E-state index contributed by atoms with van der Waals surface area (Å²) in [6, 6.07) is 3.36. The summed E-state index contributed by atoms with van der Waals surface area (Å²) in [6.45, 7) is 3.33. The summed E-state index contributed by atoms with van der Waals surface area (Å²) in [5.74, 6) is -0.745. The van der Waals surface area contributed by atoms with Gasteiger partial charge in [0.2, 0.25) is 5.91 Å². The van der Waals surface area contributed by atoms with Crippen molar-refractivity contribution < 1.29 is 23.7 Å². The van der Waals surface area contributed by atoms with Crippen molar-refractivity contribution in [1.82, 2.24) is 9.80 Å². The molecule has 0 aliphatic rings. The fourth-order valence-electron chi connectivity index (χ4n) is 1.69. The lowest BCUT2D eigenvalue weighted by atomic mass is 10.2. The molecule has 22 heavy (non-hydrogen) atoms. The molecule has 1 heterocycles. The molecule has 7 nitrogen and oxygen atoms in total. The van der Waals surface area contributed by atoms with Crippen LogP contribution in [0.2, 0.25) is 0 Å². The first kappa shape index (κ1) is 17.6. The van der Waals surface area contributed by atoms with Crippen LogP contribution in [-0.4, -0.2) is 48.9 Å². The number of ether oxygens (including phenoxy) is 1. The largest absolute Gasteiger partial charge is 0.421 e. The second-order valence-corrected chi connectivity index (χ2v) is 5.40. The number of hydrogen-bond acceptors (Lipinski definition) is 4. The van der Waals surface area contributed by atoms with Crippen LogP contribution in [0.1, 0.15) is 24.2 Å². The zero-order chi connectivity index (χ0) is 16.9. The second kappa shape index (κ2) is 7.53. The van der Waals surface area contributed by atoms with Gasteiger partial charge in [-0.2, -0.15) is 4.57 Å². The summed E-state index contributed by atoms with van der Waals surface area (Å²) in [7, 11) is 4.69. The first-order chi connectivity index (χ1) is 10.2. The van der Waals surface area contributed by atoms with E-state index in [1.807, 2.05) is 0 Å². The van der Waals surface area contributed by atoms with Gasteiger partial charge in [-0.3, -0.25) is 14.5 Å². The van der Waals surface area contributed by atoms with Gasteiger partial charge in [-0.1, -0.05) is 13.8 Å². The fourth-order valence-corrected chi connectivity index (χ4v) is 1.69. The van der Waals surface area contributed by atoms with Crippen LogP contribution in [0.15, 0.2) is 24.5 Å². The average molecular weight is 308 g/mol. The van der Waals surface area contributed by atoms with E-state index in [1.165, 1.54) is 11.9 Å². The van der Waals surface area contributed by atoms with Crippen molar-refractivity contribution in [3.05, 3.63) is 30.1 Å². The van der Waals surface area contributed by atoms with Crippen LogP contribution in [0.4, 0.5) is 4.79 Å². The zero-order valence-electron chi connectivity index (χ0n) is 13.6. The van der Waals surface area contributed by atoms with Gasteiger partial charge in [-0.25, -0.2) is 4.79 Å². The van der Waals surface area contributed by atoms with Crippen molar-refractivity contribution in [2.45, 2.75) is 20.6 Å². The van der Waals surface area contributed by atoms with Gasteiger partial charge in [-0.05, 0) is 6.07 Å². The third-order valence-electron chi connectivity index (χ3n) is 2.95. The Labute approximate surface area is 130 Å². The Morgan fingerprint density at radius 1 is 1.23 bits per heavy atom. The van der Waals surface area contributed by atoms with Crippen molar-refractivity contribution >= 4 is 17.9 Å². The molecule has 3 amide bonds. The topological polar surface area (TPSA) is 70.8 Å². The molecule has 7 heteroatoms. The van der Waals surface area contributed by atoms with Crippen LogP contribution < -0.4 is 4.57 Å². The van der Waals surface area contributed by atoms with Crippen LogP contribution in [0, 0.1) is 5.92 Å². The maximum atomic E-state index is 11.9. The molecule has 0 saturated heterocycles. The summed E-state index contributed by atoms with van der Waals surface area (Å²) >= 11 is 0. The Hall–Kier alpha value is -2.44. The third kappa shape index (κ3) is 4.54. The Kier molecular flexibility index (Phi) is 6.03. The lowest BCUT2D eigenvalue weighted by Crippen LogP contribution is -2.42. The molecular weight excluding hydrogens is 286 g/mol. The van der Waals surface area contributed by atoms with Crippen LogP contribution in [0.5, 0.6) is 0 Å². The fraction of sp³-hybridized carbons (Fsp3) is 0.467. The van der Waals surface area contributed by atoms with E-state index in [1.54, 1.807) is 57.0 Å². The van der Waals surface area contributed by atoms with Crippen LogP contribution >= 0.6 is 0 Å². The van der Waals surface area contributed by atoms with Crippen LogP contribution in [0.3, 0.4) is 0 Å². The zero-order valence-corrected chi connectivity index (χ0v) is 13.6. The quantitative estimate of drug-likeness (QED) is 0.774. The maximum absolute atomic E-state index is 11.9. The van der Waals surface area contributed by atoms with Gasteiger partial charge >= 0.3 is 6.09 Å². The minimum atomic E-state index is -0.726. The number of carbonyl (C=O) groups excluding carboxylic acids is 3. The molecule has 1 rings (SSSR count). The molecule has 0 unspecified atom stereocenters. The second-order valence-electron chi connectivity index (χ2n) is 5.40. The molecule has 120 valence electrons.